The van der Waals surface area contributed by atoms with Crippen LogP contribution in [0.15, 0.2) is 18.3 Å². The third-order valence-corrected chi connectivity index (χ3v) is 5.29. The molecule has 4 rings (SSSR count). The number of likely N-dealkylation sites (tertiary alicyclic amines) is 1. The number of aromatic nitrogens is 2. The molecule has 0 N–H and O–H groups in total. The first kappa shape index (κ1) is 11.6. The second-order valence-corrected chi connectivity index (χ2v) is 6.58. The van der Waals surface area contributed by atoms with Gasteiger partial charge in [-0.2, -0.15) is 5.10 Å². The van der Waals surface area contributed by atoms with E-state index in [-0.39, 0.29) is 0 Å². The first-order valence-electron chi connectivity index (χ1n) is 7.61. The first-order chi connectivity index (χ1) is 9.35. The van der Waals surface area contributed by atoms with Crippen LogP contribution in [0.3, 0.4) is 0 Å². The molecular formula is C15H22N4. The summed E-state index contributed by atoms with van der Waals surface area (Å²) in [5.41, 5.74) is 0.745. The standard InChI is InChI=1S/C15H22N4/c1-5-14(17-16-8-1)18-9-2-4-13(10-18)19-11-15(12-19)6-3-7-15/h1,5,8,13H,2-4,6-7,9-12H2. The van der Waals surface area contributed by atoms with Gasteiger partial charge < -0.3 is 4.90 Å². The van der Waals surface area contributed by atoms with Crippen molar-refractivity contribution in [2.45, 2.75) is 38.1 Å². The molecule has 1 aromatic rings. The Kier molecular flexibility index (Phi) is 2.72. The molecule has 1 aromatic heterocycles. The van der Waals surface area contributed by atoms with E-state index in [1.165, 1.54) is 45.2 Å². The summed E-state index contributed by atoms with van der Waals surface area (Å²) < 4.78 is 0. The van der Waals surface area contributed by atoms with Gasteiger partial charge in [0, 0.05) is 38.4 Å². The molecule has 3 aliphatic rings. The van der Waals surface area contributed by atoms with Gasteiger partial charge in [0.15, 0.2) is 5.82 Å². The molecule has 3 heterocycles. The summed E-state index contributed by atoms with van der Waals surface area (Å²) in [7, 11) is 0. The van der Waals surface area contributed by atoms with Gasteiger partial charge in [0.1, 0.15) is 0 Å². The first-order valence-corrected chi connectivity index (χ1v) is 7.61. The zero-order valence-electron chi connectivity index (χ0n) is 11.5. The quantitative estimate of drug-likeness (QED) is 0.811. The van der Waals surface area contributed by atoms with Crippen molar-refractivity contribution in [3.05, 3.63) is 18.3 Å². The second kappa shape index (κ2) is 4.44. The van der Waals surface area contributed by atoms with Crippen molar-refractivity contribution in [3.63, 3.8) is 0 Å². The number of rotatable bonds is 2. The highest BCUT2D eigenvalue weighted by Gasteiger charge is 2.49. The Labute approximate surface area is 114 Å². The Bertz CT molecular complexity index is 435. The maximum absolute atomic E-state index is 4.25. The molecule has 1 unspecified atom stereocenters. The van der Waals surface area contributed by atoms with Crippen molar-refractivity contribution in [2.75, 3.05) is 31.1 Å². The van der Waals surface area contributed by atoms with E-state index in [1.54, 1.807) is 6.20 Å². The molecule has 1 spiro atoms. The molecule has 1 saturated carbocycles. The fraction of sp³-hybridized carbons (Fsp3) is 0.733. The Morgan fingerprint density at radius 2 is 2.11 bits per heavy atom. The lowest BCUT2D eigenvalue weighted by atomic mass is 9.63. The summed E-state index contributed by atoms with van der Waals surface area (Å²) in [6, 6.07) is 4.81. The lowest BCUT2D eigenvalue weighted by molar-refractivity contribution is -0.0848. The molecule has 2 aliphatic heterocycles. The smallest absolute Gasteiger partial charge is 0.151 e. The predicted molar refractivity (Wildman–Crippen MR) is 75.1 cm³/mol. The molecule has 1 atom stereocenters. The van der Waals surface area contributed by atoms with Crippen LogP contribution in [0.2, 0.25) is 0 Å². The van der Waals surface area contributed by atoms with Gasteiger partial charge in [-0.1, -0.05) is 6.42 Å². The molecule has 19 heavy (non-hydrogen) atoms. The molecular weight excluding hydrogens is 236 g/mol. The fourth-order valence-corrected chi connectivity index (χ4v) is 3.99. The fourth-order valence-electron chi connectivity index (χ4n) is 3.99. The number of hydrogen-bond donors (Lipinski definition) is 0. The number of piperidine rings is 1. The van der Waals surface area contributed by atoms with Crippen LogP contribution < -0.4 is 4.90 Å². The molecule has 3 fully saturated rings. The molecule has 2 saturated heterocycles. The van der Waals surface area contributed by atoms with Crippen molar-refractivity contribution < 1.29 is 0 Å². The van der Waals surface area contributed by atoms with E-state index in [2.05, 4.69) is 26.1 Å². The van der Waals surface area contributed by atoms with Gasteiger partial charge in [0.05, 0.1) is 0 Å². The number of anilines is 1. The van der Waals surface area contributed by atoms with Crippen LogP contribution in [-0.4, -0.2) is 47.3 Å². The molecule has 0 radical (unpaired) electrons. The van der Waals surface area contributed by atoms with Crippen molar-refractivity contribution in [1.29, 1.82) is 0 Å². The topological polar surface area (TPSA) is 32.3 Å². The summed E-state index contributed by atoms with van der Waals surface area (Å²) in [6.45, 7) is 4.97. The lowest BCUT2D eigenvalue weighted by Crippen LogP contribution is -2.65. The Balaban J connectivity index is 1.39. The highest BCUT2D eigenvalue weighted by Crippen LogP contribution is 2.49. The van der Waals surface area contributed by atoms with Crippen LogP contribution in [0.4, 0.5) is 5.82 Å². The van der Waals surface area contributed by atoms with Gasteiger partial charge in [-0.05, 0) is 43.2 Å². The normalized spacial score (nSPS) is 29.9. The summed E-state index contributed by atoms with van der Waals surface area (Å²) >= 11 is 0. The van der Waals surface area contributed by atoms with Crippen LogP contribution in [0.1, 0.15) is 32.1 Å². The summed E-state index contributed by atoms with van der Waals surface area (Å²) in [4.78, 5) is 5.12. The average molecular weight is 258 g/mol. The van der Waals surface area contributed by atoms with Gasteiger partial charge >= 0.3 is 0 Å². The summed E-state index contributed by atoms with van der Waals surface area (Å²) in [5.74, 6) is 1.05. The Morgan fingerprint density at radius 1 is 1.21 bits per heavy atom. The molecule has 4 heteroatoms. The minimum absolute atomic E-state index is 0.738. The maximum atomic E-state index is 4.25. The average Bonchev–Trinajstić information content (AvgIpc) is 2.37. The van der Waals surface area contributed by atoms with E-state index in [1.807, 2.05) is 6.07 Å². The number of nitrogens with zero attached hydrogens (tertiary/aromatic N) is 4. The number of hydrogen-bond acceptors (Lipinski definition) is 4. The Hall–Kier alpha value is -1.16. The zero-order chi connectivity index (χ0) is 12.7. The summed E-state index contributed by atoms with van der Waals surface area (Å²) in [5, 5.41) is 8.26. The van der Waals surface area contributed by atoms with Crippen molar-refractivity contribution >= 4 is 5.82 Å². The molecule has 0 bridgehead atoms. The SMILES string of the molecule is c1cnnc(N2CCCC(N3CC4(CCC4)C3)C2)c1. The van der Waals surface area contributed by atoms with Crippen LogP contribution in [0, 0.1) is 5.41 Å². The minimum Gasteiger partial charge on any atom is -0.354 e. The Morgan fingerprint density at radius 3 is 2.79 bits per heavy atom. The summed E-state index contributed by atoms with van der Waals surface area (Å²) in [6.07, 6.45) is 8.80. The maximum Gasteiger partial charge on any atom is 0.151 e. The van der Waals surface area contributed by atoms with E-state index in [9.17, 15) is 0 Å². The largest absolute Gasteiger partial charge is 0.354 e. The highest BCUT2D eigenvalue weighted by molar-refractivity contribution is 5.37. The molecule has 1 aliphatic carbocycles. The van der Waals surface area contributed by atoms with Crippen LogP contribution in [0.5, 0.6) is 0 Å². The highest BCUT2D eigenvalue weighted by atomic mass is 15.3. The third-order valence-electron chi connectivity index (χ3n) is 5.29. The van der Waals surface area contributed by atoms with Crippen LogP contribution in [-0.2, 0) is 0 Å². The van der Waals surface area contributed by atoms with E-state index in [4.69, 9.17) is 0 Å². The van der Waals surface area contributed by atoms with Gasteiger partial charge in [-0.25, -0.2) is 0 Å². The van der Waals surface area contributed by atoms with Gasteiger partial charge in [0.25, 0.3) is 0 Å². The zero-order valence-corrected chi connectivity index (χ0v) is 11.5. The van der Waals surface area contributed by atoms with E-state index >= 15 is 0 Å². The monoisotopic (exact) mass is 258 g/mol. The van der Waals surface area contributed by atoms with Crippen LogP contribution in [0.25, 0.3) is 0 Å². The van der Waals surface area contributed by atoms with Gasteiger partial charge in [0.2, 0.25) is 0 Å². The predicted octanol–water partition coefficient (Wildman–Crippen LogP) is 1.93. The van der Waals surface area contributed by atoms with Gasteiger partial charge in [-0.15, -0.1) is 5.10 Å². The lowest BCUT2D eigenvalue weighted by Gasteiger charge is -2.59. The van der Waals surface area contributed by atoms with E-state index in [0.29, 0.717) is 0 Å². The second-order valence-electron chi connectivity index (χ2n) is 6.58. The molecule has 0 amide bonds. The molecule has 0 aromatic carbocycles. The molecule has 4 nitrogen and oxygen atoms in total. The van der Waals surface area contributed by atoms with E-state index in [0.717, 1.165) is 30.4 Å². The third kappa shape index (κ3) is 2.02. The van der Waals surface area contributed by atoms with Crippen molar-refractivity contribution in [1.82, 2.24) is 15.1 Å². The van der Waals surface area contributed by atoms with Crippen molar-refractivity contribution in [3.8, 4) is 0 Å². The van der Waals surface area contributed by atoms with Crippen molar-refractivity contribution in [2.24, 2.45) is 5.41 Å². The van der Waals surface area contributed by atoms with Gasteiger partial charge in [-0.3, -0.25) is 4.90 Å². The molecule has 102 valence electrons. The minimum atomic E-state index is 0.738. The van der Waals surface area contributed by atoms with E-state index < -0.39 is 0 Å². The van der Waals surface area contributed by atoms with Crippen LogP contribution >= 0.6 is 0 Å².